The van der Waals surface area contributed by atoms with Gasteiger partial charge in [-0.05, 0) is 17.3 Å². The van der Waals surface area contributed by atoms with E-state index in [1.165, 1.54) is 0 Å². The van der Waals surface area contributed by atoms with Crippen LogP contribution in [-0.4, -0.2) is 18.1 Å². The molecule has 0 aromatic heterocycles. The molecule has 2 fully saturated rings. The number of hydrogen-bond donors (Lipinski definition) is 1. The highest BCUT2D eigenvalue weighted by Crippen LogP contribution is 2.61. The molecule has 2 nitrogen and oxygen atoms in total. The van der Waals surface area contributed by atoms with Crippen molar-refractivity contribution in [2.75, 3.05) is 13.1 Å². The zero-order chi connectivity index (χ0) is 6.65. The lowest BCUT2D eigenvalue weighted by molar-refractivity contribution is 0.266. The van der Waals surface area contributed by atoms with Gasteiger partial charge in [-0.1, -0.05) is 13.8 Å². The van der Waals surface area contributed by atoms with Crippen LogP contribution >= 0.6 is 0 Å². The molecule has 0 spiro atoms. The SMILES string of the molecule is CC1(C)C2CN(N)CC21. The van der Waals surface area contributed by atoms with Gasteiger partial charge in [0, 0.05) is 13.1 Å². The maximum atomic E-state index is 5.61. The summed E-state index contributed by atoms with van der Waals surface area (Å²) >= 11 is 0. The highest BCUT2D eigenvalue weighted by Gasteiger charge is 2.61. The lowest BCUT2D eigenvalue weighted by Gasteiger charge is -2.15. The second-order valence-electron chi connectivity index (χ2n) is 3.99. The van der Waals surface area contributed by atoms with E-state index < -0.39 is 0 Å². The van der Waals surface area contributed by atoms with Gasteiger partial charge in [-0.15, -0.1) is 0 Å². The largest absolute Gasteiger partial charge is 0.269 e. The summed E-state index contributed by atoms with van der Waals surface area (Å²) in [5.74, 6) is 7.42. The Morgan fingerprint density at radius 2 is 1.78 bits per heavy atom. The van der Waals surface area contributed by atoms with Gasteiger partial charge in [-0.25, -0.2) is 5.01 Å². The summed E-state index contributed by atoms with van der Waals surface area (Å²) in [4.78, 5) is 0. The Balaban J connectivity index is 2.06. The van der Waals surface area contributed by atoms with Crippen LogP contribution in [0, 0.1) is 17.3 Å². The molecule has 9 heavy (non-hydrogen) atoms. The molecule has 1 saturated heterocycles. The number of piperidine rings is 1. The summed E-state index contributed by atoms with van der Waals surface area (Å²) in [5.41, 5.74) is 0.621. The van der Waals surface area contributed by atoms with Gasteiger partial charge in [0.25, 0.3) is 0 Å². The number of hydrogen-bond acceptors (Lipinski definition) is 2. The van der Waals surface area contributed by atoms with E-state index in [0.717, 1.165) is 24.9 Å². The van der Waals surface area contributed by atoms with Crippen molar-refractivity contribution in [1.29, 1.82) is 0 Å². The lowest BCUT2D eigenvalue weighted by atomic mass is 10.1. The molecule has 2 unspecified atom stereocenters. The average Bonchev–Trinajstić information content (AvgIpc) is 2.27. The number of hydrazine groups is 1. The van der Waals surface area contributed by atoms with Gasteiger partial charge < -0.3 is 0 Å². The predicted octanol–water partition coefficient (Wildman–Crippen LogP) is 0.448. The monoisotopic (exact) mass is 126 g/mol. The van der Waals surface area contributed by atoms with Crippen molar-refractivity contribution in [3.8, 4) is 0 Å². The van der Waals surface area contributed by atoms with Crippen molar-refractivity contribution < 1.29 is 0 Å². The highest BCUT2D eigenvalue weighted by molar-refractivity contribution is 5.10. The van der Waals surface area contributed by atoms with Crippen LogP contribution in [-0.2, 0) is 0 Å². The maximum absolute atomic E-state index is 5.61. The molecule has 1 heterocycles. The minimum atomic E-state index is 0.621. The predicted molar refractivity (Wildman–Crippen MR) is 36.5 cm³/mol. The zero-order valence-electron chi connectivity index (χ0n) is 6.09. The number of fused-ring (bicyclic) bond motifs is 1. The molecule has 0 bridgehead atoms. The van der Waals surface area contributed by atoms with E-state index in [4.69, 9.17) is 5.84 Å². The summed E-state index contributed by atoms with van der Waals surface area (Å²) in [5, 5.41) is 1.95. The average molecular weight is 126 g/mol. The molecule has 2 heteroatoms. The van der Waals surface area contributed by atoms with Crippen LogP contribution in [0.15, 0.2) is 0 Å². The molecule has 0 aromatic carbocycles. The van der Waals surface area contributed by atoms with Gasteiger partial charge in [0.2, 0.25) is 0 Å². The van der Waals surface area contributed by atoms with Crippen LogP contribution in [0.1, 0.15) is 13.8 Å². The van der Waals surface area contributed by atoms with Crippen LogP contribution in [0.3, 0.4) is 0 Å². The minimum Gasteiger partial charge on any atom is -0.269 e. The first-order valence-corrected chi connectivity index (χ1v) is 3.62. The fraction of sp³-hybridized carbons (Fsp3) is 1.00. The molecular weight excluding hydrogens is 112 g/mol. The Hall–Kier alpha value is -0.0800. The van der Waals surface area contributed by atoms with Crippen LogP contribution in [0.4, 0.5) is 0 Å². The first kappa shape index (κ1) is 5.69. The van der Waals surface area contributed by atoms with Crippen molar-refractivity contribution in [3.63, 3.8) is 0 Å². The van der Waals surface area contributed by atoms with Crippen molar-refractivity contribution >= 4 is 0 Å². The van der Waals surface area contributed by atoms with Gasteiger partial charge in [0.05, 0.1) is 0 Å². The molecule has 2 atom stereocenters. The third-order valence-electron chi connectivity index (χ3n) is 3.15. The van der Waals surface area contributed by atoms with Gasteiger partial charge in [0.15, 0.2) is 0 Å². The van der Waals surface area contributed by atoms with Crippen molar-refractivity contribution in [2.24, 2.45) is 23.1 Å². The van der Waals surface area contributed by atoms with E-state index in [-0.39, 0.29) is 0 Å². The van der Waals surface area contributed by atoms with Gasteiger partial charge in [0.1, 0.15) is 0 Å². The van der Waals surface area contributed by atoms with Gasteiger partial charge in [-0.3, -0.25) is 5.84 Å². The summed E-state index contributed by atoms with van der Waals surface area (Å²) in [6.45, 7) is 6.93. The van der Waals surface area contributed by atoms with Crippen molar-refractivity contribution in [3.05, 3.63) is 0 Å². The third-order valence-corrected chi connectivity index (χ3v) is 3.15. The van der Waals surface area contributed by atoms with E-state index in [0.29, 0.717) is 5.41 Å². The maximum Gasteiger partial charge on any atom is 0.0165 e. The van der Waals surface area contributed by atoms with Crippen molar-refractivity contribution in [2.45, 2.75) is 13.8 Å². The fourth-order valence-electron chi connectivity index (χ4n) is 2.16. The molecule has 0 aromatic rings. The van der Waals surface area contributed by atoms with Crippen LogP contribution in [0.25, 0.3) is 0 Å². The van der Waals surface area contributed by atoms with Crippen molar-refractivity contribution in [1.82, 2.24) is 5.01 Å². The van der Waals surface area contributed by atoms with Crippen LogP contribution in [0.2, 0.25) is 0 Å². The Morgan fingerprint density at radius 1 is 1.33 bits per heavy atom. The second kappa shape index (κ2) is 1.32. The highest BCUT2D eigenvalue weighted by atomic mass is 15.4. The smallest absolute Gasteiger partial charge is 0.0165 e. The van der Waals surface area contributed by atoms with E-state index in [9.17, 15) is 0 Å². The van der Waals surface area contributed by atoms with E-state index in [1.54, 1.807) is 0 Å². The standard InChI is InChI=1S/C7H14N2/c1-7(2)5-3-9(8)4-6(5)7/h5-6H,3-4,8H2,1-2H3. The molecule has 2 aliphatic rings. The fourth-order valence-corrected chi connectivity index (χ4v) is 2.16. The first-order chi connectivity index (χ1) is 4.12. The zero-order valence-corrected chi connectivity index (χ0v) is 6.09. The molecule has 52 valence electrons. The summed E-state index contributed by atoms with van der Waals surface area (Å²) < 4.78 is 0. The van der Waals surface area contributed by atoms with Crippen LogP contribution < -0.4 is 5.84 Å². The first-order valence-electron chi connectivity index (χ1n) is 3.62. The topological polar surface area (TPSA) is 29.3 Å². The normalized spacial score (nSPS) is 47.0. The van der Waals surface area contributed by atoms with E-state index >= 15 is 0 Å². The molecule has 2 rings (SSSR count). The molecule has 0 radical (unpaired) electrons. The van der Waals surface area contributed by atoms with Crippen LogP contribution in [0.5, 0.6) is 0 Å². The third kappa shape index (κ3) is 0.578. The van der Waals surface area contributed by atoms with Gasteiger partial charge in [-0.2, -0.15) is 0 Å². The molecule has 0 amide bonds. The van der Waals surface area contributed by atoms with E-state index in [2.05, 4.69) is 13.8 Å². The second-order valence-corrected chi connectivity index (χ2v) is 3.99. The van der Waals surface area contributed by atoms with E-state index in [1.807, 2.05) is 5.01 Å². The number of rotatable bonds is 0. The summed E-state index contributed by atoms with van der Waals surface area (Å²) in [6.07, 6.45) is 0. The Bertz CT molecular complexity index is 128. The Morgan fingerprint density at radius 3 is 2.11 bits per heavy atom. The molecule has 1 aliphatic heterocycles. The quantitative estimate of drug-likeness (QED) is 0.477. The minimum absolute atomic E-state index is 0.621. The summed E-state index contributed by atoms with van der Waals surface area (Å²) in [6, 6.07) is 0. The molecular formula is C7H14N2. The number of nitrogens with two attached hydrogens (primary N) is 1. The lowest BCUT2D eigenvalue weighted by Crippen LogP contribution is -2.32. The van der Waals surface area contributed by atoms with Gasteiger partial charge >= 0.3 is 0 Å². The summed E-state index contributed by atoms with van der Waals surface area (Å²) in [7, 11) is 0. The molecule has 1 saturated carbocycles. The Kier molecular flexibility index (Phi) is 0.837. The molecule has 2 N–H and O–H groups in total. The number of nitrogens with zero attached hydrogens (tertiary/aromatic N) is 1. The molecule has 1 aliphatic carbocycles. The Labute approximate surface area is 56.0 Å².